The number of carbonyl (C=O) groups excluding carboxylic acids is 1. The third-order valence-corrected chi connectivity index (χ3v) is 3.62. The van der Waals surface area contributed by atoms with Crippen LogP contribution in [0.4, 0.5) is 4.79 Å². The van der Waals surface area contributed by atoms with Crippen LogP contribution in [0.3, 0.4) is 0 Å². The van der Waals surface area contributed by atoms with E-state index < -0.39 is 11.5 Å². The molecule has 1 aromatic rings. The Hall–Kier alpha value is -2.12. The second kappa shape index (κ2) is 5.89. The molecule has 1 atom stereocenters. The number of rotatable bonds is 4. The van der Waals surface area contributed by atoms with Gasteiger partial charge in [0.1, 0.15) is 5.54 Å². The van der Waals surface area contributed by atoms with Crippen molar-refractivity contribution < 1.29 is 19.2 Å². The van der Waals surface area contributed by atoms with Crippen molar-refractivity contribution >= 4 is 12.0 Å². The van der Waals surface area contributed by atoms with Crippen LogP contribution in [0, 0.1) is 0 Å². The summed E-state index contributed by atoms with van der Waals surface area (Å²) in [5.74, 6) is -0.533. The molecule has 2 rings (SSSR count). The molecule has 1 fully saturated rings. The number of urea groups is 1. The Kier molecular flexibility index (Phi) is 4.21. The molecule has 0 radical (unpaired) electrons. The third-order valence-electron chi connectivity index (χ3n) is 3.62. The molecule has 0 aliphatic carbocycles. The van der Waals surface area contributed by atoms with Gasteiger partial charge in [-0.05, 0) is 26.2 Å². The lowest BCUT2D eigenvalue weighted by Gasteiger charge is -2.41. The fraction of sp³-hybridized carbons (Fsp3) is 0.667. The van der Waals surface area contributed by atoms with Gasteiger partial charge >= 0.3 is 12.0 Å². The Bertz CT molecular complexity index is 476. The van der Waals surface area contributed by atoms with Crippen molar-refractivity contribution in [1.29, 1.82) is 0 Å². The summed E-state index contributed by atoms with van der Waals surface area (Å²) in [5, 5.41) is 15.5. The molecular formula is C12H18N4O4. The highest BCUT2D eigenvalue weighted by Crippen LogP contribution is 2.28. The number of piperidine rings is 1. The second-order valence-corrected chi connectivity index (χ2v) is 5.00. The summed E-state index contributed by atoms with van der Waals surface area (Å²) in [5.41, 5.74) is -1.13. The Labute approximate surface area is 116 Å². The van der Waals surface area contributed by atoms with Crippen molar-refractivity contribution in [2.24, 2.45) is 0 Å². The first-order chi connectivity index (χ1) is 9.54. The topological polar surface area (TPSA) is 109 Å². The normalized spacial score (nSPS) is 22.6. The van der Waals surface area contributed by atoms with Gasteiger partial charge in [0.05, 0.1) is 0 Å². The molecule has 2 heterocycles. The summed E-state index contributed by atoms with van der Waals surface area (Å²) in [6.45, 7) is 2.37. The molecule has 1 aromatic heterocycles. The van der Waals surface area contributed by atoms with Crippen LogP contribution < -0.4 is 5.32 Å². The van der Waals surface area contributed by atoms with Crippen molar-refractivity contribution in [3.05, 3.63) is 12.2 Å². The zero-order chi connectivity index (χ0) is 14.6. The SMILES string of the molecule is CC1(C(=O)O)CCCCN1C(=O)NCCc1ncno1. The Morgan fingerprint density at radius 2 is 2.35 bits per heavy atom. The molecule has 0 spiro atoms. The van der Waals surface area contributed by atoms with Crippen molar-refractivity contribution in [2.75, 3.05) is 13.1 Å². The minimum absolute atomic E-state index is 0.327. The summed E-state index contributed by atoms with van der Waals surface area (Å²) < 4.78 is 4.82. The molecule has 0 saturated carbocycles. The summed E-state index contributed by atoms with van der Waals surface area (Å²) in [6, 6.07) is -0.367. The first kappa shape index (κ1) is 14.3. The van der Waals surface area contributed by atoms with Gasteiger partial charge in [0.15, 0.2) is 6.33 Å². The molecule has 2 amide bonds. The van der Waals surface area contributed by atoms with Gasteiger partial charge in [-0.1, -0.05) is 5.16 Å². The van der Waals surface area contributed by atoms with E-state index in [1.165, 1.54) is 11.2 Å². The van der Waals surface area contributed by atoms with E-state index in [0.717, 1.165) is 12.8 Å². The highest BCUT2D eigenvalue weighted by atomic mass is 16.5. The average Bonchev–Trinajstić information content (AvgIpc) is 2.92. The van der Waals surface area contributed by atoms with E-state index in [0.29, 0.717) is 31.8 Å². The molecule has 20 heavy (non-hydrogen) atoms. The number of carboxylic acids is 1. The highest BCUT2D eigenvalue weighted by Gasteiger charge is 2.43. The number of hydrogen-bond donors (Lipinski definition) is 2. The summed E-state index contributed by atoms with van der Waals surface area (Å²) in [7, 11) is 0. The van der Waals surface area contributed by atoms with E-state index in [1.807, 2.05) is 0 Å². The van der Waals surface area contributed by atoms with Crippen molar-refractivity contribution in [3.63, 3.8) is 0 Å². The van der Waals surface area contributed by atoms with E-state index in [1.54, 1.807) is 6.92 Å². The van der Waals surface area contributed by atoms with Crippen molar-refractivity contribution in [1.82, 2.24) is 20.4 Å². The monoisotopic (exact) mass is 282 g/mol. The maximum Gasteiger partial charge on any atom is 0.329 e. The molecule has 110 valence electrons. The largest absolute Gasteiger partial charge is 0.480 e. The Balaban J connectivity index is 1.91. The zero-order valence-corrected chi connectivity index (χ0v) is 11.3. The molecule has 1 aliphatic heterocycles. The van der Waals surface area contributed by atoms with E-state index in [2.05, 4.69) is 15.5 Å². The van der Waals surface area contributed by atoms with Crippen LogP contribution in [0.15, 0.2) is 10.9 Å². The van der Waals surface area contributed by atoms with Crippen LogP contribution in [0.5, 0.6) is 0 Å². The molecule has 1 aliphatic rings. The van der Waals surface area contributed by atoms with Crippen molar-refractivity contribution in [3.8, 4) is 0 Å². The molecule has 1 saturated heterocycles. The van der Waals surface area contributed by atoms with E-state index in [-0.39, 0.29) is 6.03 Å². The van der Waals surface area contributed by atoms with Gasteiger partial charge in [-0.25, -0.2) is 9.59 Å². The lowest BCUT2D eigenvalue weighted by atomic mass is 9.89. The van der Waals surface area contributed by atoms with Crippen LogP contribution in [-0.2, 0) is 11.2 Å². The predicted octanol–water partition coefficient (Wildman–Crippen LogP) is 0.651. The van der Waals surface area contributed by atoms with Gasteiger partial charge in [-0.15, -0.1) is 0 Å². The average molecular weight is 282 g/mol. The van der Waals surface area contributed by atoms with E-state index in [9.17, 15) is 14.7 Å². The number of hydrogen-bond acceptors (Lipinski definition) is 5. The number of carboxylic acid groups (broad SMARTS) is 1. The fourth-order valence-corrected chi connectivity index (χ4v) is 2.35. The van der Waals surface area contributed by atoms with Crippen molar-refractivity contribution in [2.45, 2.75) is 38.1 Å². The molecule has 0 aromatic carbocycles. The minimum Gasteiger partial charge on any atom is -0.480 e. The number of nitrogens with one attached hydrogen (secondary N) is 1. The number of likely N-dealkylation sites (tertiary alicyclic amines) is 1. The predicted molar refractivity (Wildman–Crippen MR) is 68.0 cm³/mol. The molecule has 0 bridgehead atoms. The number of nitrogens with zero attached hydrogens (tertiary/aromatic N) is 3. The van der Waals surface area contributed by atoms with Crippen LogP contribution in [0.25, 0.3) is 0 Å². The second-order valence-electron chi connectivity index (χ2n) is 5.00. The quantitative estimate of drug-likeness (QED) is 0.839. The Morgan fingerprint density at radius 1 is 1.55 bits per heavy atom. The summed E-state index contributed by atoms with van der Waals surface area (Å²) >= 11 is 0. The van der Waals surface area contributed by atoms with Crippen LogP contribution in [0.2, 0.25) is 0 Å². The lowest BCUT2D eigenvalue weighted by molar-refractivity contribution is -0.150. The fourth-order valence-electron chi connectivity index (χ4n) is 2.35. The number of carbonyl (C=O) groups is 2. The molecule has 2 N–H and O–H groups in total. The van der Waals surface area contributed by atoms with Gasteiger partial charge in [-0.3, -0.25) is 0 Å². The molecule has 8 nitrogen and oxygen atoms in total. The lowest BCUT2D eigenvalue weighted by Crippen LogP contribution is -2.60. The zero-order valence-electron chi connectivity index (χ0n) is 11.3. The van der Waals surface area contributed by atoms with Crippen LogP contribution >= 0.6 is 0 Å². The first-order valence-corrected chi connectivity index (χ1v) is 6.58. The van der Waals surface area contributed by atoms with Gasteiger partial charge in [0.2, 0.25) is 5.89 Å². The molecular weight excluding hydrogens is 264 g/mol. The maximum atomic E-state index is 12.1. The maximum absolute atomic E-state index is 12.1. The molecule has 1 unspecified atom stereocenters. The van der Waals surface area contributed by atoms with E-state index in [4.69, 9.17) is 4.52 Å². The van der Waals surface area contributed by atoms with Crippen LogP contribution in [0.1, 0.15) is 32.1 Å². The number of aliphatic carboxylic acids is 1. The standard InChI is InChI=1S/C12H18N4O4/c1-12(10(17)18)5-2-3-7-16(12)11(19)13-6-4-9-14-8-15-20-9/h8H,2-7H2,1H3,(H,13,19)(H,17,18). The Morgan fingerprint density at radius 3 is 3.00 bits per heavy atom. The smallest absolute Gasteiger partial charge is 0.329 e. The highest BCUT2D eigenvalue weighted by molar-refractivity contribution is 5.86. The summed E-state index contributed by atoms with van der Waals surface area (Å²) in [4.78, 5) is 28.8. The van der Waals surface area contributed by atoms with Gasteiger partial charge in [0, 0.05) is 19.5 Å². The van der Waals surface area contributed by atoms with Crippen LogP contribution in [-0.4, -0.2) is 50.8 Å². The number of aromatic nitrogens is 2. The summed E-state index contributed by atoms with van der Waals surface area (Å²) in [6.07, 6.45) is 3.82. The molecule has 8 heteroatoms. The number of amides is 2. The van der Waals surface area contributed by atoms with Gasteiger partial charge in [0.25, 0.3) is 0 Å². The third kappa shape index (κ3) is 2.89. The van der Waals surface area contributed by atoms with E-state index >= 15 is 0 Å². The minimum atomic E-state index is -1.13. The van der Waals surface area contributed by atoms with Gasteiger partial charge < -0.3 is 19.8 Å². The first-order valence-electron chi connectivity index (χ1n) is 6.58. The van der Waals surface area contributed by atoms with Gasteiger partial charge in [-0.2, -0.15) is 4.98 Å².